The van der Waals surface area contributed by atoms with Crippen molar-refractivity contribution in [3.63, 3.8) is 0 Å². The number of aromatic nitrogens is 4. The van der Waals surface area contributed by atoms with Crippen LogP contribution in [0.15, 0.2) is 0 Å². The van der Waals surface area contributed by atoms with Gasteiger partial charge in [-0.15, -0.1) is 10.2 Å². The Hall–Kier alpha value is -1.06. The van der Waals surface area contributed by atoms with E-state index in [2.05, 4.69) is 30.7 Å². The Morgan fingerprint density at radius 1 is 1.53 bits per heavy atom. The van der Waals surface area contributed by atoms with Crippen molar-refractivity contribution in [1.29, 1.82) is 0 Å². The molecule has 0 aliphatic rings. The molecule has 0 aliphatic heterocycles. The summed E-state index contributed by atoms with van der Waals surface area (Å²) in [5, 5.41) is 15.8. The van der Waals surface area contributed by atoms with Crippen LogP contribution in [-0.4, -0.2) is 48.4 Å². The van der Waals surface area contributed by atoms with Crippen LogP contribution in [-0.2, 0) is 10.0 Å². The zero-order valence-electron chi connectivity index (χ0n) is 8.56. The second-order valence-corrected chi connectivity index (χ2v) is 4.91. The molecule has 1 aromatic heterocycles. The van der Waals surface area contributed by atoms with E-state index in [-0.39, 0.29) is 5.75 Å². The van der Waals surface area contributed by atoms with Crippen molar-refractivity contribution in [3.8, 4) is 0 Å². The molecule has 0 spiro atoms. The largest absolute Gasteiger partial charge is 0.319 e. The number of hydrogen-bond donors (Lipinski definition) is 3. The van der Waals surface area contributed by atoms with Gasteiger partial charge >= 0.3 is 0 Å². The highest BCUT2D eigenvalue weighted by molar-refractivity contribution is 7.89. The first-order valence-corrected chi connectivity index (χ1v) is 6.08. The third-order valence-corrected chi connectivity index (χ3v) is 3.18. The summed E-state index contributed by atoms with van der Waals surface area (Å²) < 4.78 is 25.4. The lowest BCUT2D eigenvalue weighted by Crippen LogP contribution is -2.33. The second kappa shape index (κ2) is 5.14. The summed E-state index contributed by atoms with van der Waals surface area (Å²) in [5.74, 6) is 0.342. The van der Waals surface area contributed by atoms with E-state index in [1.165, 1.54) is 0 Å². The van der Waals surface area contributed by atoms with E-state index in [9.17, 15) is 8.42 Å². The minimum atomic E-state index is -3.30. The first-order chi connectivity index (χ1) is 7.05. The van der Waals surface area contributed by atoms with E-state index in [4.69, 9.17) is 0 Å². The van der Waals surface area contributed by atoms with Crippen molar-refractivity contribution in [2.75, 3.05) is 19.3 Å². The van der Waals surface area contributed by atoms with Crippen LogP contribution in [0.3, 0.4) is 0 Å². The van der Waals surface area contributed by atoms with Gasteiger partial charge in [0.15, 0.2) is 5.82 Å². The van der Waals surface area contributed by atoms with Gasteiger partial charge in [0.25, 0.3) is 0 Å². The maximum Gasteiger partial charge on any atom is 0.213 e. The van der Waals surface area contributed by atoms with Crippen LogP contribution >= 0.6 is 0 Å². The van der Waals surface area contributed by atoms with E-state index < -0.39 is 16.1 Å². The van der Waals surface area contributed by atoms with Crippen LogP contribution in [0.2, 0.25) is 0 Å². The fraction of sp³-hybridized carbons (Fsp3) is 0.833. The van der Waals surface area contributed by atoms with Gasteiger partial charge in [-0.3, -0.25) is 0 Å². The highest BCUT2D eigenvalue weighted by atomic mass is 32.2. The van der Waals surface area contributed by atoms with Crippen molar-refractivity contribution < 1.29 is 8.42 Å². The van der Waals surface area contributed by atoms with Crippen LogP contribution in [0.4, 0.5) is 0 Å². The predicted molar refractivity (Wildman–Crippen MR) is 53.4 cm³/mol. The molecule has 1 aromatic rings. The third-order valence-electron chi connectivity index (χ3n) is 1.73. The smallest absolute Gasteiger partial charge is 0.213 e. The molecule has 0 bridgehead atoms. The number of aromatic amines is 1. The van der Waals surface area contributed by atoms with Gasteiger partial charge in [-0.1, -0.05) is 5.21 Å². The summed E-state index contributed by atoms with van der Waals surface area (Å²) in [7, 11) is -1.61. The molecule has 0 saturated carbocycles. The van der Waals surface area contributed by atoms with Crippen molar-refractivity contribution in [3.05, 3.63) is 5.82 Å². The fourth-order valence-electron chi connectivity index (χ4n) is 0.970. The molecule has 86 valence electrons. The van der Waals surface area contributed by atoms with Crippen molar-refractivity contribution in [2.24, 2.45) is 0 Å². The van der Waals surface area contributed by atoms with Crippen molar-refractivity contribution in [2.45, 2.75) is 13.0 Å². The van der Waals surface area contributed by atoms with Gasteiger partial charge in [0.1, 0.15) is 0 Å². The van der Waals surface area contributed by atoms with Gasteiger partial charge in [0.05, 0.1) is 11.8 Å². The predicted octanol–water partition coefficient (Wildman–Crippen LogP) is -1.60. The SMILES string of the molecule is CNCCS(=O)(=O)NC(C)c1nn[nH]n1. The first kappa shape index (κ1) is 12.0. The summed E-state index contributed by atoms with van der Waals surface area (Å²) in [5.41, 5.74) is 0. The monoisotopic (exact) mass is 234 g/mol. The second-order valence-electron chi connectivity index (χ2n) is 3.03. The van der Waals surface area contributed by atoms with Crippen LogP contribution in [0.1, 0.15) is 18.8 Å². The lowest BCUT2D eigenvalue weighted by atomic mass is 10.4. The Kier molecular flexibility index (Phi) is 4.12. The molecule has 15 heavy (non-hydrogen) atoms. The van der Waals surface area contributed by atoms with E-state index in [0.717, 1.165) is 0 Å². The zero-order valence-corrected chi connectivity index (χ0v) is 9.37. The highest BCUT2D eigenvalue weighted by Gasteiger charge is 2.17. The first-order valence-electron chi connectivity index (χ1n) is 4.43. The fourth-order valence-corrected chi connectivity index (χ4v) is 2.21. The number of rotatable bonds is 6. The van der Waals surface area contributed by atoms with Crippen molar-refractivity contribution >= 4 is 10.0 Å². The van der Waals surface area contributed by atoms with Gasteiger partial charge in [-0.05, 0) is 14.0 Å². The van der Waals surface area contributed by atoms with E-state index in [0.29, 0.717) is 12.4 Å². The molecule has 1 unspecified atom stereocenters. The molecule has 0 aromatic carbocycles. The number of tetrazole rings is 1. The van der Waals surface area contributed by atoms with Gasteiger partial charge in [-0.2, -0.15) is 5.21 Å². The molecule has 9 heteroatoms. The van der Waals surface area contributed by atoms with Crippen LogP contribution in [0.5, 0.6) is 0 Å². The van der Waals surface area contributed by atoms with E-state index in [1.807, 2.05) is 0 Å². The lowest BCUT2D eigenvalue weighted by Gasteiger charge is -2.10. The molecule has 3 N–H and O–H groups in total. The summed E-state index contributed by atoms with van der Waals surface area (Å²) in [6.07, 6.45) is 0. The summed E-state index contributed by atoms with van der Waals surface area (Å²) in [4.78, 5) is 0. The maximum absolute atomic E-state index is 11.5. The molecule has 1 heterocycles. The minimum absolute atomic E-state index is 0.0195. The zero-order chi connectivity index (χ0) is 11.3. The number of sulfonamides is 1. The maximum atomic E-state index is 11.5. The third kappa shape index (κ3) is 3.90. The molecule has 0 fully saturated rings. The molecule has 0 radical (unpaired) electrons. The summed E-state index contributed by atoms with van der Waals surface area (Å²) >= 11 is 0. The van der Waals surface area contributed by atoms with Crippen LogP contribution in [0, 0.1) is 0 Å². The Labute approximate surface area is 87.9 Å². The van der Waals surface area contributed by atoms with Gasteiger partial charge in [-0.25, -0.2) is 13.1 Å². The average Bonchev–Trinajstić information content (AvgIpc) is 2.67. The molecular weight excluding hydrogens is 220 g/mol. The van der Waals surface area contributed by atoms with Crippen molar-refractivity contribution in [1.82, 2.24) is 30.7 Å². The quantitative estimate of drug-likeness (QED) is 0.546. The van der Waals surface area contributed by atoms with Gasteiger partial charge in [0, 0.05) is 6.54 Å². The van der Waals surface area contributed by atoms with Crippen LogP contribution in [0.25, 0.3) is 0 Å². The summed E-state index contributed by atoms with van der Waals surface area (Å²) in [6, 6.07) is -0.481. The number of hydrogen-bond acceptors (Lipinski definition) is 6. The number of H-pyrrole nitrogens is 1. The molecule has 0 aliphatic carbocycles. The Morgan fingerprint density at radius 2 is 2.27 bits per heavy atom. The van der Waals surface area contributed by atoms with Gasteiger partial charge < -0.3 is 5.32 Å². The molecule has 1 atom stereocenters. The molecule has 0 amide bonds. The Bertz CT molecular complexity index is 374. The lowest BCUT2D eigenvalue weighted by molar-refractivity contribution is 0.558. The van der Waals surface area contributed by atoms with Crippen LogP contribution < -0.4 is 10.0 Å². The molecule has 0 saturated heterocycles. The topological polar surface area (TPSA) is 113 Å². The normalized spacial score (nSPS) is 14.0. The summed E-state index contributed by atoms with van der Waals surface area (Å²) in [6.45, 7) is 2.05. The molecule has 8 nitrogen and oxygen atoms in total. The number of nitrogens with one attached hydrogen (secondary N) is 3. The minimum Gasteiger partial charge on any atom is -0.319 e. The highest BCUT2D eigenvalue weighted by Crippen LogP contribution is 2.04. The van der Waals surface area contributed by atoms with Gasteiger partial charge in [0.2, 0.25) is 10.0 Å². The Balaban J connectivity index is 2.54. The standard InChI is InChI=1S/C6H14N6O2S/c1-5(6-8-11-12-9-6)10-15(13,14)4-3-7-2/h5,7,10H,3-4H2,1-2H3,(H,8,9,11,12). The average molecular weight is 234 g/mol. The number of nitrogens with zero attached hydrogens (tertiary/aromatic N) is 3. The Morgan fingerprint density at radius 3 is 2.80 bits per heavy atom. The van der Waals surface area contributed by atoms with E-state index in [1.54, 1.807) is 14.0 Å². The molecular formula is C6H14N6O2S. The van der Waals surface area contributed by atoms with E-state index >= 15 is 0 Å². The molecule has 1 rings (SSSR count).